The van der Waals surface area contributed by atoms with Crippen LogP contribution < -0.4 is 5.32 Å². The number of hydrogen-bond acceptors (Lipinski definition) is 7. The minimum Gasteiger partial charge on any atom is -0.338 e. The maximum absolute atomic E-state index is 13.2. The van der Waals surface area contributed by atoms with E-state index >= 15 is 0 Å². The molecule has 2 saturated heterocycles. The van der Waals surface area contributed by atoms with Gasteiger partial charge in [0.1, 0.15) is 5.54 Å². The Labute approximate surface area is 194 Å². The highest BCUT2D eigenvalue weighted by Gasteiger charge is 2.55. The van der Waals surface area contributed by atoms with Gasteiger partial charge in [-0.25, -0.2) is 9.69 Å². The maximum atomic E-state index is 13.2. The minimum absolute atomic E-state index is 0.0447. The molecule has 2 aromatic rings. The fourth-order valence-corrected chi connectivity index (χ4v) is 5.36. The summed E-state index contributed by atoms with van der Waals surface area (Å²) in [4.78, 5) is 36.3. The van der Waals surface area contributed by atoms with E-state index in [1.165, 1.54) is 4.90 Å². The summed E-state index contributed by atoms with van der Waals surface area (Å²) in [6, 6.07) is 7.75. The summed E-state index contributed by atoms with van der Waals surface area (Å²) in [6.07, 6.45) is 3.85. The molecule has 1 aromatic heterocycles. The van der Waals surface area contributed by atoms with Crippen LogP contribution in [-0.4, -0.2) is 75.2 Å². The summed E-state index contributed by atoms with van der Waals surface area (Å²) in [5.74, 6) is 1.36. The number of aromatic nitrogens is 2. The van der Waals surface area contributed by atoms with E-state index in [-0.39, 0.29) is 17.9 Å². The third-order valence-corrected chi connectivity index (χ3v) is 7.52. The van der Waals surface area contributed by atoms with E-state index in [9.17, 15) is 9.59 Å². The molecule has 1 aromatic carbocycles. The summed E-state index contributed by atoms with van der Waals surface area (Å²) in [5, 5.41) is 7.19. The van der Waals surface area contributed by atoms with Gasteiger partial charge in [-0.3, -0.25) is 14.6 Å². The van der Waals surface area contributed by atoms with Crippen LogP contribution >= 0.6 is 0 Å². The smallest absolute Gasteiger partial charge is 0.326 e. The number of carbonyl (C=O) groups excluding carboxylic acids is 2. The molecule has 2 aliphatic heterocycles. The third-order valence-electron chi connectivity index (χ3n) is 7.52. The number of aryl methyl sites for hydroxylation is 1. The highest BCUT2D eigenvalue weighted by molar-refractivity contribution is 6.07. The Bertz CT molecular complexity index is 1030. The molecule has 1 aliphatic carbocycles. The molecule has 1 N–H and O–H groups in total. The van der Waals surface area contributed by atoms with E-state index in [1.54, 1.807) is 0 Å². The van der Waals surface area contributed by atoms with Crippen LogP contribution in [0.4, 0.5) is 4.79 Å². The third kappa shape index (κ3) is 4.15. The van der Waals surface area contributed by atoms with Crippen molar-refractivity contribution in [1.29, 1.82) is 0 Å². The van der Waals surface area contributed by atoms with Gasteiger partial charge in [0.15, 0.2) is 0 Å². The molecule has 3 amide bonds. The Kier molecular flexibility index (Phi) is 5.92. The van der Waals surface area contributed by atoms with Gasteiger partial charge in [-0.1, -0.05) is 49.2 Å². The Morgan fingerprint density at radius 2 is 1.88 bits per heavy atom. The van der Waals surface area contributed by atoms with Crippen LogP contribution in [0.25, 0.3) is 11.4 Å². The zero-order chi connectivity index (χ0) is 23.0. The molecule has 1 spiro atoms. The first-order valence-electron chi connectivity index (χ1n) is 11.9. The van der Waals surface area contributed by atoms with Crippen molar-refractivity contribution in [2.24, 2.45) is 5.92 Å². The highest BCUT2D eigenvalue weighted by Crippen LogP contribution is 2.38. The lowest BCUT2D eigenvalue weighted by Crippen LogP contribution is -2.55. The number of piperazine rings is 1. The molecule has 0 radical (unpaired) electrons. The Morgan fingerprint density at radius 1 is 1.12 bits per heavy atom. The van der Waals surface area contributed by atoms with Gasteiger partial charge in [0.2, 0.25) is 11.7 Å². The Morgan fingerprint density at radius 3 is 2.64 bits per heavy atom. The zero-order valence-corrected chi connectivity index (χ0v) is 19.4. The molecule has 0 bridgehead atoms. The molecular formula is C24H32N6O3. The van der Waals surface area contributed by atoms with Gasteiger partial charge >= 0.3 is 6.03 Å². The SMILES string of the molecule is Cc1ccccc1-c1noc(CN2CCN(CN3C(=O)N[C@]4(CCCC[C@H]4C)C3=O)CC2)n1. The fourth-order valence-electron chi connectivity index (χ4n) is 5.36. The van der Waals surface area contributed by atoms with E-state index in [2.05, 4.69) is 32.2 Å². The summed E-state index contributed by atoms with van der Waals surface area (Å²) < 4.78 is 5.49. The summed E-state index contributed by atoms with van der Waals surface area (Å²) in [7, 11) is 0. The lowest BCUT2D eigenvalue weighted by atomic mass is 9.73. The van der Waals surface area contributed by atoms with E-state index in [4.69, 9.17) is 4.52 Å². The van der Waals surface area contributed by atoms with Gasteiger partial charge in [0.05, 0.1) is 13.2 Å². The number of rotatable bonds is 5. The van der Waals surface area contributed by atoms with E-state index in [1.807, 2.05) is 31.2 Å². The second-order valence-corrected chi connectivity index (χ2v) is 9.64. The van der Waals surface area contributed by atoms with E-state index < -0.39 is 5.54 Å². The molecule has 9 heteroatoms. The molecule has 9 nitrogen and oxygen atoms in total. The van der Waals surface area contributed by atoms with Crippen LogP contribution in [0.1, 0.15) is 44.1 Å². The number of hydrogen-bond donors (Lipinski definition) is 1. The second-order valence-electron chi connectivity index (χ2n) is 9.64. The monoisotopic (exact) mass is 452 g/mol. The normalized spacial score (nSPS) is 26.8. The lowest BCUT2D eigenvalue weighted by Gasteiger charge is -2.38. The number of urea groups is 1. The van der Waals surface area contributed by atoms with Crippen molar-refractivity contribution in [2.45, 2.75) is 51.6 Å². The van der Waals surface area contributed by atoms with E-state index in [0.717, 1.165) is 63.0 Å². The predicted octanol–water partition coefficient (Wildman–Crippen LogP) is 2.62. The number of nitrogens with zero attached hydrogens (tertiary/aromatic N) is 5. The van der Waals surface area contributed by atoms with Crippen LogP contribution in [0.3, 0.4) is 0 Å². The first kappa shape index (κ1) is 22.0. The van der Waals surface area contributed by atoms with Crippen molar-refractivity contribution in [3.8, 4) is 11.4 Å². The molecule has 0 unspecified atom stereocenters. The number of carbonyl (C=O) groups is 2. The molecule has 176 valence electrons. The summed E-state index contributed by atoms with van der Waals surface area (Å²) in [5.41, 5.74) is 1.41. The average molecular weight is 453 g/mol. The van der Waals surface area contributed by atoms with Gasteiger partial charge in [0.25, 0.3) is 5.91 Å². The quantitative estimate of drug-likeness (QED) is 0.697. The van der Waals surface area contributed by atoms with Crippen molar-refractivity contribution in [3.05, 3.63) is 35.7 Å². The summed E-state index contributed by atoms with van der Waals surface area (Å²) in [6.45, 7) is 8.24. The minimum atomic E-state index is -0.691. The van der Waals surface area contributed by atoms with Gasteiger partial charge in [-0.2, -0.15) is 4.98 Å². The number of benzene rings is 1. The van der Waals surface area contributed by atoms with Crippen LogP contribution in [0.2, 0.25) is 0 Å². The van der Waals surface area contributed by atoms with E-state index in [0.29, 0.717) is 24.9 Å². The Hall–Kier alpha value is -2.78. The largest absolute Gasteiger partial charge is 0.338 e. The molecule has 3 fully saturated rings. The van der Waals surface area contributed by atoms with Gasteiger partial charge < -0.3 is 9.84 Å². The van der Waals surface area contributed by atoms with Gasteiger partial charge in [-0.05, 0) is 31.2 Å². The average Bonchev–Trinajstić information content (AvgIpc) is 3.36. The van der Waals surface area contributed by atoms with Gasteiger partial charge in [0, 0.05) is 31.7 Å². The molecule has 3 aliphatic rings. The maximum Gasteiger partial charge on any atom is 0.326 e. The summed E-state index contributed by atoms with van der Waals surface area (Å²) >= 11 is 0. The first-order valence-corrected chi connectivity index (χ1v) is 11.9. The molecule has 1 saturated carbocycles. The topological polar surface area (TPSA) is 94.8 Å². The number of amides is 3. The number of nitrogens with one attached hydrogen (secondary N) is 1. The van der Waals surface area contributed by atoms with Crippen LogP contribution in [-0.2, 0) is 11.3 Å². The zero-order valence-electron chi connectivity index (χ0n) is 19.4. The predicted molar refractivity (Wildman–Crippen MR) is 122 cm³/mol. The first-order chi connectivity index (χ1) is 16.0. The van der Waals surface area contributed by atoms with Crippen molar-refractivity contribution in [2.75, 3.05) is 32.8 Å². The molecule has 3 heterocycles. The van der Waals surface area contributed by atoms with Crippen molar-refractivity contribution in [1.82, 2.24) is 30.2 Å². The molecule has 5 rings (SSSR count). The van der Waals surface area contributed by atoms with Gasteiger partial charge in [-0.15, -0.1) is 0 Å². The molecule has 2 atom stereocenters. The van der Waals surface area contributed by atoms with Crippen LogP contribution in [0, 0.1) is 12.8 Å². The van der Waals surface area contributed by atoms with Crippen molar-refractivity contribution in [3.63, 3.8) is 0 Å². The van der Waals surface area contributed by atoms with Crippen LogP contribution in [0.5, 0.6) is 0 Å². The number of imide groups is 1. The molecular weight excluding hydrogens is 420 g/mol. The second kappa shape index (κ2) is 8.87. The fraction of sp³-hybridized carbons (Fsp3) is 0.583. The lowest BCUT2D eigenvalue weighted by molar-refractivity contribution is -0.136. The van der Waals surface area contributed by atoms with Crippen LogP contribution in [0.15, 0.2) is 28.8 Å². The Balaban J connectivity index is 1.15. The highest BCUT2D eigenvalue weighted by atomic mass is 16.5. The standard InChI is InChI=1S/C24H32N6O3/c1-17-7-3-4-9-19(17)21-25-20(33-27-21)15-28-11-13-29(14-12-28)16-30-22(31)24(26-23(30)32)10-6-5-8-18(24)2/h3-4,7,9,18H,5-6,8,10-16H2,1-2H3,(H,26,32)/t18-,24+/m1/s1. The molecule has 33 heavy (non-hydrogen) atoms. The van der Waals surface area contributed by atoms with Crippen molar-refractivity contribution < 1.29 is 14.1 Å². The van der Waals surface area contributed by atoms with Crippen molar-refractivity contribution >= 4 is 11.9 Å².